The summed E-state index contributed by atoms with van der Waals surface area (Å²) in [7, 11) is 1.56. The van der Waals surface area contributed by atoms with Gasteiger partial charge in [-0.05, 0) is 19.8 Å². The highest BCUT2D eigenvalue weighted by Gasteiger charge is 2.23. The molecular formula is C11H16N4O2. The van der Waals surface area contributed by atoms with Crippen molar-refractivity contribution >= 4 is 11.7 Å². The third-order valence-electron chi connectivity index (χ3n) is 2.83. The van der Waals surface area contributed by atoms with Crippen LogP contribution in [0.3, 0.4) is 0 Å². The van der Waals surface area contributed by atoms with E-state index in [1.165, 1.54) is 6.33 Å². The average Bonchev–Trinajstić information content (AvgIpc) is 2.34. The molecule has 6 nitrogen and oxygen atoms in total. The summed E-state index contributed by atoms with van der Waals surface area (Å²) in [5, 5.41) is 5.95. The summed E-state index contributed by atoms with van der Waals surface area (Å²) in [5.41, 5.74) is 0.813. The van der Waals surface area contributed by atoms with E-state index in [1.54, 1.807) is 7.11 Å². The van der Waals surface area contributed by atoms with Crippen LogP contribution in [0.2, 0.25) is 0 Å². The second-order valence-corrected chi connectivity index (χ2v) is 3.99. The highest BCUT2D eigenvalue weighted by molar-refractivity contribution is 5.85. The smallest absolute Gasteiger partial charge is 0.242 e. The van der Waals surface area contributed by atoms with Crippen molar-refractivity contribution in [2.24, 2.45) is 0 Å². The van der Waals surface area contributed by atoms with Crippen molar-refractivity contribution < 1.29 is 9.53 Å². The Hall–Kier alpha value is -1.85. The number of piperidine rings is 1. The summed E-state index contributed by atoms with van der Waals surface area (Å²) in [5.74, 6) is 1.20. The van der Waals surface area contributed by atoms with Crippen molar-refractivity contribution in [3.8, 4) is 5.88 Å². The molecule has 1 aromatic heterocycles. The Morgan fingerprint density at radius 2 is 2.35 bits per heavy atom. The largest absolute Gasteiger partial charge is 0.481 e. The predicted molar refractivity (Wildman–Crippen MR) is 63.0 cm³/mol. The molecule has 1 unspecified atom stereocenters. The minimum atomic E-state index is -0.220. The van der Waals surface area contributed by atoms with Crippen LogP contribution in [0, 0.1) is 6.92 Å². The fraction of sp³-hybridized carbons (Fsp3) is 0.545. The molecule has 0 bridgehead atoms. The van der Waals surface area contributed by atoms with Gasteiger partial charge in [0.2, 0.25) is 11.8 Å². The van der Waals surface area contributed by atoms with Crippen LogP contribution in [0.15, 0.2) is 6.33 Å². The van der Waals surface area contributed by atoms with Crippen LogP contribution in [0.4, 0.5) is 5.82 Å². The molecule has 1 aliphatic heterocycles. The summed E-state index contributed by atoms with van der Waals surface area (Å²) in [6.07, 6.45) is 3.22. The summed E-state index contributed by atoms with van der Waals surface area (Å²) >= 11 is 0. The zero-order valence-electron chi connectivity index (χ0n) is 9.99. The summed E-state index contributed by atoms with van der Waals surface area (Å²) in [6, 6.07) is -0.220. The van der Waals surface area contributed by atoms with E-state index in [1.807, 2.05) is 6.92 Å². The quantitative estimate of drug-likeness (QED) is 0.798. The summed E-state index contributed by atoms with van der Waals surface area (Å²) < 4.78 is 5.11. The second-order valence-electron chi connectivity index (χ2n) is 3.99. The topological polar surface area (TPSA) is 76.1 Å². The van der Waals surface area contributed by atoms with Crippen molar-refractivity contribution in [1.29, 1.82) is 0 Å². The number of amides is 1. The van der Waals surface area contributed by atoms with Crippen LogP contribution in [0.25, 0.3) is 0 Å². The molecule has 0 aromatic carbocycles. The SMILES string of the molecule is COc1ncnc(NC2CCCNC2=O)c1C. The minimum Gasteiger partial charge on any atom is -0.481 e. The molecule has 1 aromatic rings. The third-order valence-corrected chi connectivity index (χ3v) is 2.83. The van der Waals surface area contributed by atoms with Crippen LogP contribution in [0.1, 0.15) is 18.4 Å². The molecule has 17 heavy (non-hydrogen) atoms. The Bertz CT molecular complexity index is 422. The summed E-state index contributed by atoms with van der Waals surface area (Å²) in [6.45, 7) is 2.62. The van der Waals surface area contributed by atoms with Crippen molar-refractivity contribution in [1.82, 2.24) is 15.3 Å². The zero-order valence-corrected chi connectivity index (χ0v) is 9.99. The molecule has 2 heterocycles. The lowest BCUT2D eigenvalue weighted by Gasteiger charge is -2.23. The van der Waals surface area contributed by atoms with E-state index in [2.05, 4.69) is 20.6 Å². The molecule has 6 heteroatoms. The number of aromatic nitrogens is 2. The molecule has 0 saturated carbocycles. The molecule has 1 fully saturated rings. The van der Waals surface area contributed by atoms with Crippen LogP contribution < -0.4 is 15.4 Å². The van der Waals surface area contributed by atoms with Crippen molar-refractivity contribution in [3.63, 3.8) is 0 Å². The minimum absolute atomic E-state index is 0.0215. The number of ether oxygens (including phenoxy) is 1. The molecule has 2 rings (SSSR count). The molecular weight excluding hydrogens is 220 g/mol. The molecule has 1 atom stereocenters. The second kappa shape index (κ2) is 4.99. The normalized spacial score (nSPS) is 19.6. The van der Waals surface area contributed by atoms with E-state index in [-0.39, 0.29) is 11.9 Å². The van der Waals surface area contributed by atoms with Gasteiger partial charge in [-0.3, -0.25) is 4.79 Å². The molecule has 1 amide bonds. The maximum Gasteiger partial charge on any atom is 0.242 e. The van der Waals surface area contributed by atoms with Gasteiger partial charge >= 0.3 is 0 Å². The lowest BCUT2D eigenvalue weighted by molar-refractivity contribution is -0.123. The van der Waals surface area contributed by atoms with E-state index in [0.29, 0.717) is 11.7 Å². The number of carbonyl (C=O) groups is 1. The number of nitrogens with one attached hydrogen (secondary N) is 2. The average molecular weight is 236 g/mol. The van der Waals surface area contributed by atoms with Gasteiger partial charge < -0.3 is 15.4 Å². The van der Waals surface area contributed by atoms with Gasteiger partial charge in [0, 0.05) is 6.54 Å². The van der Waals surface area contributed by atoms with Crippen molar-refractivity contribution in [2.75, 3.05) is 19.0 Å². The van der Waals surface area contributed by atoms with Crippen LogP contribution >= 0.6 is 0 Å². The van der Waals surface area contributed by atoms with Gasteiger partial charge in [0.1, 0.15) is 18.2 Å². The van der Waals surface area contributed by atoms with Gasteiger partial charge in [-0.15, -0.1) is 0 Å². The van der Waals surface area contributed by atoms with E-state index in [4.69, 9.17) is 4.74 Å². The first-order valence-electron chi connectivity index (χ1n) is 5.62. The van der Waals surface area contributed by atoms with Gasteiger partial charge in [0.15, 0.2) is 0 Å². The number of anilines is 1. The number of hydrogen-bond donors (Lipinski definition) is 2. The van der Waals surface area contributed by atoms with Crippen molar-refractivity contribution in [3.05, 3.63) is 11.9 Å². The summed E-state index contributed by atoms with van der Waals surface area (Å²) in [4.78, 5) is 19.7. The standard InChI is InChI=1S/C11H16N4O2/c1-7-9(13-6-14-11(7)17-2)15-8-4-3-5-12-10(8)16/h6,8H,3-5H2,1-2H3,(H,12,16)(H,13,14,15). The Morgan fingerprint density at radius 1 is 1.53 bits per heavy atom. The van der Waals surface area contributed by atoms with Crippen LogP contribution in [0.5, 0.6) is 5.88 Å². The van der Waals surface area contributed by atoms with Crippen LogP contribution in [-0.2, 0) is 4.79 Å². The van der Waals surface area contributed by atoms with Gasteiger partial charge in [-0.25, -0.2) is 9.97 Å². The van der Waals surface area contributed by atoms with Gasteiger partial charge in [0.05, 0.1) is 12.7 Å². The van der Waals surface area contributed by atoms with E-state index < -0.39 is 0 Å². The maximum atomic E-state index is 11.6. The van der Waals surface area contributed by atoms with Gasteiger partial charge in [-0.1, -0.05) is 0 Å². The molecule has 0 spiro atoms. The molecule has 0 aliphatic carbocycles. The van der Waals surface area contributed by atoms with Crippen LogP contribution in [-0.4, -0.2) is 35.6 Å². The lowest BCUT2D eigenvalue weighted by atomic mass is 10.1. The van der Waals surface area contributed by atoms with Gasteiger partial charge in [0.25, 0.3) is 0 Å². The zero-order chi connectivity index (χ0) is 12.3. The number of carbonyl (C=O) groups excluding carboxylic acids is 1. The molecule has 1 saturated heterocycles. The first kappa shape index (κ1) is 11.6. The Labute approximate surface area is 99.8 Å². The Morgan fingerprint density at radius 3 is 3.06 bits per heavy atom. The monoisotopic (exact) mass is 236 g/mol. The van der Waals surface area contributed by atoms with Crippen molar-refractivity contribution in [2.45, 2.75) is 25.8 Å². The number of methoxy groups -OCH3 is 1. The lowest BCUT2D eigenvalue weighted by Crippen LogP contribution is -2.44. The number of nitrogens with zero attached hydrogens (tertiary/aromatic N) is 2. The molecule has 2 N–H and O–H groups in total. The van der Waals surface area contributed by atoms with E-state index in [0.717, 1.165) is 24.9 Å². The van der Waals surface area contributed by atoms with Gasteiger partial charge in [-0.2, -0.15) is 0 Å². The third kappa shape index (κ3) is 2.46. The van der Waals surface area contributed by atoms with E-state index in [9.17, 15) is 4.79 Å². The molecule has 92 valence electrons. The fourth-order valence-electron chi connectivity index (χ4n) is 1.86. The molecule has 1 aliphatic rings. The highest BCUT2D eigenvalue weighted by Crippen LogP contribution is 2.21. The Balaban J connectivity index is 2.15. The number of hydrogen-bond acceptors (Lipinski definition) is 5. The first-order chi connectivity index (χ1) is 8.22. The highest BCUT2D eigenvalue weighted by atomic mass is 16.5. The first-order valence-corrected chi connectivity index (χ1v) is 5.62. The Kier molecular flexibility index (Phi) is 3.41. The predicted octanol–water partition coefficient (Wildman–Crippen LogP) is 0.484. The molecule has 0 radical (unpaired) electrons. The fourth-order valence-corrected chi connectivity index (χ4v) is 1.86. The van der Waals surface area contributed by atoms with E-state index >= 15 is 0 Å². The maximum absolute atomic E-state index is 11.6. The number of rotatable bonds is 3.